The summed E-state index contributed by atoms with van der Waals surface area (Å²) in [5.74, 6) is -0.223. The van der Waals surface area contributed by atoms with Crippen LogP contribution in [0.25, 0.3) is 0 Å². The molecule has 2 aromatic carbocycles. The van der Waals surface area contributed by atoms with Crippen molar-refractivity contribution in [2.75, 3.05) is 13.1 Å². The zero-order chi connectivity index (χ0) is 21.9. The Balaban J connectivity index is 1.88. The van der Waals surface area contributed by atoms with Gasteiger partial charge in [-0.2, -0.15) is 0 Å². The average molecular weight is 417 g/mol. The number of benzene rings is 2. The third-order valence-electron chi connectivity index (χ3n) is 4.75. The minimum Gasteiger partial charge on any atom is -0.351 e. The quantitative estimate of drug-likeness (QED) is 0.699. The normalized spacial score (nSPS) is 12.6. The first-order chi connectivity index (χ1) is 13.3. The molecule has 0 aliphatic heterocycles. The molecule has 0 radical (unpaired) electrons. The summed E-state index contributed by atoms with van der Waals surface area (Å²) in [6.45, 7) is 12.9. The van der Waals surface area contributed by atoms with E-state index in [0.717, 1.165) is 11.1 Å². The molecular weight excluding hydrogens is 384 g/mol. The van der Waals surface area contributed by atoms with Crippen LogP contribution in [0.1, 0.15) is 63.0 Å². The van der Waals surface area contributed by atoms with Crippen LogP contribution in [0.3, 0.4) is 0 Å². The van der Waals surface area contributed by atoms with Gasteiger partial charge in [0.25, 0.3) is 5.91 Å². The summed E-state index contributed by atoms with van der Waals surface area (Å²) in [4.78, 5) is 12.5. The third-order valence-corrected chi connectivity index (χ3v) is 6.22. The maximum absolute atomic E-state index is 12.4. The van der Waals surface area contributed by atoms with Crippen LogP contribution >= 0.6 is 0 Å². The standard InChI is InChI=1S/C23H32N2O3S/c1-22(2,3)18-9-7-17(8-10-18)21(26)24-15-16-25-29(27,28)20-13-11-19(12-14-20)23(4,5)6/h7-14,25H,15-16H2,1-6H3,(H,24,26). The number of hydrogen-bond donors (Lipinski definition) is 2. The molecule has 0 saturated carbocycles. The van der Waals surface area contributed by atoms with E-state index in [1.807, 2.05) is 24.3 Å². The molecule has 0 saturated heterocycles. The summed E-state index contributed by atoms with van der Waals surface area (Å²) in [6.07, 6.45) is 0. The molecule has 29 heavy (non-hydrogen) atoms. The van der Waals surface area contributed by atoms with E-state index in [4.69, 9.17) is 0 Å². The number of hydrogen-bond acceptors (Lipinski definition) is 3. The topological polar surface area (TPSA) is 75.3 Å². The van der Waals surface area contributed by atoms with Crippen LogP contribution in [0.15, 0.2) is 53.4 Å². The summed E-state index contributed by atoms with van der Waals surface area (Å²) in [6, 6.07) is 14.3. The Labute approximate surface area is 175 Å². The lowest BCUT2D eigenvalue weighted by molar-refractivity contribution is 0.0954. The van der Waals surface area contributed by atoms with Gasteiger partial charge in [0, 0.05) is 18.7 Å². The zero-order valence-corrected chi connectivity index (χ0v) is 19.0. The molecule has 0 heterocycles. The Kier molecular flexibility index (Phi) is 6.91. The average Bonchev–Trinajstić information content (AvgIpc) is 2.64. The molecule has 1 amide bonds. The van der Waals surface area contributed by atoms with Gasteiger partial charge >= 0.3 is 0 Å². The molecule has 2 N–H and O–H groups in total. The molecule has 0 bridgehead atoms. The largest absolute Gasteiger partial charge is 0.351 e. The lowest BCUT2D eigenvalue weighted by Crippen LogP contribution is -2.34. The van der Waals surface area contributed by atoms with Gasteiger partial charge < -0.3 is 5.32 Å². The molecule has 0 aromatic heterocycles. The number of carbonyl (C=O) groups excluding carboxylic acids is 1. The smallest absolute Gasteiger partial charge is 0.251 e. The van der Waals surface area contributed by atoms with Crippen molar-refractivity contribution < 1.29 is 13.2 Å². The van der Waals surface area contributed by atoms with Gasteiger partial charge in [-0.05, 0) is 46.2 Å². The van der Waals surface area contributed by atoms with E-state index in [0.29, 0.717) is 5.56 Å². The monoisotopic (exact) mass is 416 g/mol. The molecular formula is C23H32N2O3S. The van der Waals surface area contributed by atoms with E-state index < -0.39 is 10.0 Å². The van der Waals surface area contributed by atoms with Gasteiger partial charge in [-0.15, -0.1) is 0 Å². The number of nitrogens with one attached hydrogen (secondary N) is 2. The zero-order valence-electron chi connectivity index (χ0n) is 18.2. The first-order valence-electron chi connectivity index (χ1n) is 9.80. The molecule has 5 nitrogen and oxygen atoms in total. The highest BCUT2D eigenvalue weighted by molar-refractivity contribution is 7.89. The number of carbonyl (C=O) groups is 1. The molecule has 0 aliphatic rings. The first kappa shape index (κ1) is 23.1. The molecule has 0 aliphatic carbocycles. The molecule has 6 heteroatoms. The predicted octanol–water partition coefficient (Wildman–Crippen LogP) is 3.99. The summed E-state index contributed by atoms with van der Waals surface area (Å²) < 4.78 is 27.4. The molecule has 0 atom stereocenters. The van der Waals surface area contributed by atoms with Gasteiger partial charge in [-0.1, -0.05) is 65.8 Å². The molecule has 158 valence electrons. The van der Waals surface area contributed by atoms with Crippen molar-refractivity contribution in [3.05, 3.63) is 65.2 Å². The Morgan fingerprint density at radius 2 is 1.21 bits per heavy atom. The summed E-state index contributed by atoms with van der Waals surface area (Å²) >= 11 is 0. The second-order valence-corrected chi connectivity index (χ2v) is 11.0. The summed E-state index contributed by atoms with van der Waals surface area (Å²) in [5.41, 5.74) is 2.77. The van der Waals surface area contributed by atoms with Gasteiger partial charge in [-0.3, -0.25) is 4.79 Å². The Bertz CT molecular complexity index is 934. The predicted molar refractivity (Wildman–Crippen MR) is 118 cm³/mol. The van der Waals surface area contributed by atoms with Crippen molar-refractivity contribution in [2.24, 2.45) is 0 Å². The molecule has 0 spiro atoms. The lowest BCUT2D eigenvalue weighted by Gasteiger charge is -2.19. The van der Waals surface area contributed by atoms with E-state index >= 15 is 0 Å². The van der Waals surface area contributed by atoms with Gasteiger partial charge in [0.05, 0.1) is 4.90 Å². The van der Waals surface area contributed by atoms with Crippen LogP contribution in [0, 0.1) is 0 Å². The maximum atomic E-state index is 12.4. The lowest BCUT2D eigenvalue weighted by atomic mass is 9.87. The molecule has 2 rings (SSSR count). The van der Waals surface area contributed by atoms with Gasteiger partial charge in [0.2, 0.25) is 10.0 Å². The van der Waals surface area contributed by atoms with Crippen molar-refractivity contribution >= 4 is 15.9 Å². The van der Waals surface area contributed by atoms with Crippen molar-refractivity contribution in [3.63, 3.8) is 0 Å². The fourth-order valence-electron chi connectivity index (χ4n) is 2.80. The number of rotatable bonds is 6. The molecule has 2 aromatic rings. The highest BCUT2D eigenvalue weighted by Crippen LogP contribution is 2.23. The minimum absolute atomic E-state index is 0.0262. The van der Waals surface area contributed by atoms with E-state index in [-0.39, 0.29) is 34.7 Å². The minimum atomic E-state index is -3.61. The van der Waals surface area contributed by atoms with Crippen LogP contribution in [0.5, 0.6) is 0 Å². The van der Waals surface area contributed by atoms with Crippen LogP contribution < -0.4 is 10.0 Å². The second kappa shape index (κ2) is 8.67. The van der Waals surface area contributed by atoms with E-state index in [2.05, 4.69) is 51.6 Å². The summed E-state index contributed by atoms with van der Waals surface area (Å²) in [5, 5.41) is 2.74. The van der Waals surface area contributed by atoms with Crippen LogP contribution in [-0.2, 0) is 20.9 Å². The van der Waals surface area contributed by atoms with Crippen molar-refractivity contribution in [1.29, 1.82) is 0 Å². The maximum Gasteiger partial charge on any atom is 0.251 e. The number of amides is 1. The second-order valence-electron chi connectivity index (χ2n) is 9.26. The van der Waals surface area contributed by atoms with E-state index in [1.165, 1.54) is 0 Å². The van der Waals surface area contributed by atoms with Gasteiger partial charge in [0.1, 0.15) is 0 Å². The Morgan fingerprint density at radius 1 is 0.759 bits per heavy atom. The van der Waals surface area contributed by atoms with Crippen LogP contribution in [0.4, 0.5) is 0 Å². The van der Waals surface area contributed by atoms with Crippen molar-refractivity contribution in [2.45, 2.75) is 57.3 Å². The fraction of sp³-hybridized carbons (Fsp3) is 0.435. The van der Waals surface area contributed by atoms with Crippen LogP contribution in [-0.4, -0.2) is 27.4 Å². The number of sulfonamides is 1. The van der Waals surface area contributed by atoms with Gasteiger partial charge in [0.15, 0.2) is 0 Å². The van der Waals surface area contributed by atoms with E-state index in [1.54, 1.807) is 24.3 Å². The fourth-order valence-corrected chi connectivity index (χ4v) is 3.83. The van der Waals surface area contributed by atoms with Crippen molar-refractivity contribution in [3.8, 4) is 0 Å². The highest BCUT2D eigenvalue weighted by atomic mass is 32.2. The van der Waals surface area contributed by atoms with Gasteiger partial charge in [-0.25, -0.2) is 13.1 Å². The Morgan fingerprint density at radius 3 is 1.66 bits per heavy atom. The molecule has 0 fully saturated rings. The first-order valence-corrected chi connectivity index (χ1v) is 11.3. The third kappa shape index (κ3) is 6.41. The van der Waals surface area contributed by atoms with Crippen molar-refractivity contribution in [1.82, 2.24) is 10.0 Å². The highest BCUT2D eigenvalue weighted by Gasteiger charge is 2.18. The molecule has 0 unspecified atom stereocenters. The SMILES string of the molecule is CC(C)(C)c1ccc(C(=O)NCCNS(=O)(=O)c2ccc(C(C)(C)C)cc2)cc1. The van der Waals surface area contributed by atoms with E-state index in [9.17, 15) is 13.2 Å². The van der Waals surface area contributed by atoms with Crippen LogP contribution in [0.2, 0.25) is 0 Å². The Hall–Kier alpha value is -2.18. The summed E-state index contributed by atoms with van der Waals surface area (Å²) in [7, 11) is -3.61.